The van der Waals surface area contributed by atoms with Crippen LogP contribution in [0.4, 0.5) is 14.9 Å². The lowest BCUT2D eigenvalue weighted by Gasteiger charge is -2.47. The van der Waals surface area contributed by atoms with Crippen LogP contribution in [-0.4, -0.2) is 40.7 Å². The van der Waals surface area contributed by atoms with Crippen LogP contribution < -0.4 is 4.90 Å². The van der Waals surface area contributed by atoms with Gasteiger partial charge in [-0.1, -0.05) is 36.8 Å². The quantitative estimate of drug-likeness (QED) is 0.555. The fourth-order valence-corrected chi connectivity index (χ4v) is 5.86. The lowest BCUT2D eigenvalue weighted by molar-refractivity contribution is -0.137. The molecule has 3 aliphatic rings. The Labute approximate surface area is 199 Å². The third kappa shape index (κ3) is 4.67. The number of benzene rings is 2. The molecule has 180 valence electrons. The van der Waals surface area contributed by atoms with Gasteiger partial charge in [0.15, 0.2) is 0 Å². The Morgan fingerprint density at radius 2 is 1.88 bits per heavy atom. The van der Waals surface area contributed by atoms with Crippen molar-refractivity contribution in [1.82, 2.24) is 4.90 Å². The Morgan fingerprint density at radius 1 is 1.09 bits per heavy atom. The van der Waals surface area contributed by atoms with Crippen LogP contribution in [0.5, 0.6) is 0 Å². The van der Waals surface area contributed by atoms with E-state index in [9.17, 15) is 14.0 Å². The van der Waals surface area contributed by atoms with Crippen molar-refractivity contribution in [1.29, 1.82) is 0 Å². The smallest absolute Gasteiger partial charge is 0.414 e. The molecule has 2 aliphatic carbocycles. The molecule has 0 radical (unpaired) electrons. The van der Waals surface area contributed by atoms with Gasteiger partial charge in [0.1, 0.15) is 12.4 Å². The maximum absolute atomic E-state index is 14.5. The van der Waals surface area contributed by atoms with Crippen molar-refractivity contribution in [3.05, 3.63) is 65.5 Å². The number of fused-ring (bicyclic) bond motifs is 2. The highest BCUT2D eigenvalue weighted by Crippen LogP contribution is 2.52. The number of carbonyl (C=O) groups excluding carboxylic acids is 1. The lowest BCUT2D eigenvalue weighted by Crippen LogP contribution is -2.52. The van der Waals surface area contributed by atoms with Gasteiger partial charge >= 0.3 is 12.1 Å². The van der Waals surface area contributed by atoms with Gasteiger partial charge in [-0.3, -0.25) is 14.6 Å². The van der Waals surface area contributed by atoms with Crippen LogP contribution in [0.25, 0.3) is 0 Å². The summed E-state index contributed by atoms with van der Waals surface area (Å²) in [4.78, 5) is 28.6. The minimum atomic E-state index is -0.795. The molecular weight excluding hydrogens is 435 g/mol. The van der Waals surface area contributed by atoms with E-state index in [1.54, 1.807) is 17.0 Å². The Balaban J connectivity index is 1.45. The number of aliphatic carboxylic acids is 1. The van der Waals surface area contributed by atoms with Crippen LogP contribution in [-0.2, 0) is 16.1 Å². The molecule has 2 aromatic carbocycles. The molecule has 2 saturated carbocycles. The van der Waals surface area contributed by atoms with E-state index in [0.29, 0.717) is 19.0 Å². The zero-order chi connectivity index (χ0) is 23.7. The van der Waals surface area contributed by atoms with E-state index in [2.05, 4.69) is 4.90 Å². The number of carbonyl (C=O) groups is 2. The van der Waals surface area contributed by atoms with Crippen LogP contribution in [0.1, 0.15) is 62.1 Å². The molecule has 0 bridgehead atoms. The van der Waals surface area contributed by atoms with Crippen molar-refractivity contribution in [3.8, 4) is 0 Å². The second-order valence-electron chi connectivity index (χ2n) is 9.69. The Morgan fingerprint density at radius 3 is 2.62 bits per heavy atom. The first-order valence-corrected chi connectivity index (χ1v) is 12.3. The molecule has 1 N–H and O–H groups in total. The van der Waals surface area contributed by atoms with Crippen molar-refractivity contribution < 1.29 is 23.8 Å². The Hall–Kier alpha value is -2.93. The van der Waals surface area contributed by atoms with Crippen molar-refractivity contribution in [2.24, 2.45) is 5.92 Å². The van der Waals surface area contributed by atoms with E-state index < -0.39 is 12.1 Å². The number of hydrogen-bond donors (Lipinski definition) is 1. The van der Waals surface area contributed by atoms with Gasteiger partial charge in [0.25, 0.3) is 0 Å². The molecule has 3 unspecified atom stereocenters. The van der Waals surface area contributed by atoms with E-state index in [1.165, 1.54) is 6.07 Å². The topological polar surface area (TPSA) is 70.1 Å². The number of ether oxygens (including phenoxy) is 1. The van der Waals surface area contributed by atoms with Gasteiger partial charge in [0, 0.05) is 24.5 Å². The predicted molar refractivity (Wildman–Crippen MR) is 126 cm³/mol. The fourth-order valence-electron chi connectivity index (χ4n) is 5.86. The van der Waals surface area contributed by atoms with E-state index in [-0.39, 0.29) is 36.8 Å². The van der Waals surface area contributed by atoms with Crippen LogP contribution >= 0.6 is 0 Å². The van der Waals surface area contributed by atoms with Gasteiger partial charge < -0.3 is 9.84 Å². The summed E-state index contributed by atoms with van der Waals surface area (Å²) in [5.41, 5.74) is 2.46. The molecule has 0 aromatic heterocycles. The number of nitrogens with zero attached hydrogens (tertiary/aromatic N) is 2. The molecule has 7 heteroatoms. The molecular formula is C27H31FN2O4. The average molecular weight is 467 g/mol. The average Bonchev–Trinajstić information content (AvgIpc) is 3.56. The standard InChI is InChI=1S/C27H31FN2O4/c28-19-11-14-24-22(16-19)26(29(20-12-13-20)15-5-10-25(31)32)21-8-4-9-23(21)30(24)27(33)34-17-18-6-2-1-3-7-18/h1-3,6-7,11,14,16,20-21,23,26H,4-5,8-10,12-13,15,17H2,(H,31,32). The highest BCUT2D eigenvalue weighted by Gasteiger charge is 2.50. The van der Waals surface area contributed by atoms with Crippen LogP contribution in [0.3, 0.4) is 0 Å². The molecule has 6 nitrogen and oxygen atoms in total. The number of carboxylic acids is 1. The first-order chi connectivity index (χ1) is 16.5. The summed E-state index contributed by atoms with van der Waals surface area (Å²) in [7, 11) is 0. The summed E-state index contributed by atoms with van der Waals surface area (Å²) in [6.45, 7) is 0.857. The SMILES string of the molecule is O=C(O)CCCN(C1CC1)C1c2cc(F)ccc2N(C(=O)OCc2ccccc2)C2CCCC21. The molecule has 0 saturated heterocycles. The van der Waals surface area contributed by atoms with Crippen molar-refractivity contribution in [3.63, 3.8) is 0 Å². The molecule has 1 aliphatic heterocycles. The van der Waals surface area contributed by atoms with Crippen molar-refractivity contribution >= 4 is 17.7 Å². The summed E-state index contributed by atoms with van der Waals surface area (Å²) in [5.74, 6) is -0.944. The zero-order valence-corrected chi connectivity index (χ0v) is 19.2. The van der Waals surface area contributed by atoms with Gasteiger partial charge in [-0.15, -0.1) is 0 Å². The number of amides is 1. The third-order valence-electron chi connectivity index (χ3n) is 7.42. The minimum Gasteiger partial charge on any atom is -0.481 e. The number of halogens is 1. The predicted octanol–water partition coefficient (Wildman–Crippen LogP) is 5.52. The first-order valence-electron chi connectivity index (χ1n) is 12.3. The zero-order valence-electron chi connectivity index (χ0n) is 19.2. The van der Waals surface area contributed by atoms with Crippen molar-refractivity contribution in [2.45, 2.75) is 69.7 Å². The van der Waals surface area contributed by atoms with Gasteiger partial charge in [0.05, 0.1) is 5.69 Å². The van der Waals surface area contributed by atoms with E-state index in [4.69, 9.17) is 9.84 Å². The maximum atomic E-state index is 14.5. The molecule has 1 heterocycles. The van der Waals surface area contributed by atoms with Crippen LogP contribution in [0.2, 0.25) is 0 Å². The van der Waals surface area contributed by atoms with E-state index in [0.717, 1.165) is 48.9 Å². The molecule has 1 amide bonds. The van der Waals surface area contributed by atoms with Gasteiger partial charge in [-0.25, -0.2) is 9.18 Å². The third-order valence-corrected chi connectivity index (χ3v) is 7.42. The number of rotatable bonds is 8. The monoisotopic (exact) mass is 466 g/mol. The highest BCUT2D eigenvalue weighted by molar-refractivity contribution is 5.90. The minimum absolute atomic E-state index is 0.00745. The second-order valence-corrected chi connectivity index (χ2v) is 9.69. The summed E-state index contributed by atoms with van der Waals surface area (Å²) in [5, 5.41) is 9.14. The van der Waals surface area contributed by atoms with Crippen LogP contribution in [0.15, 0.2) is 48.5 Å². The van der Waals surface area contributed by atoms with Crippen LogP contribution in [0, 0.1) is 11.7 Å². The number of hydrogen-bond acceptors (Lipinski definition) is 4. The normalized spacial score (nSPS) is 23.5. The summed E-state index contributed by atoms with van der Waals surface area (Å²) in [6, 6.07) is 14.7. The maximum Gasteiger partial charge on any atom is 0.414 e. The van der Waals surface area contributed by atoms with Crippen molar-refractivity contribution in [2.75, 3.05) is 11.4 Å². The molecule has 5 rings (SSSR count). The second kappa shape index (κ2) is 9.74. The van der Waals surface area contributed by atoms with Gasteiger partial charge in [0.2, 0.25) is 0 Å². The Kier molecular flexibility index (Phi) is 6.55. The fraction of sp³-hybridized carbons (Fsp3) is 0.481. The summed E-state index contributed by atoms with van der Waals surface area (Å²) < 4.78 is 20.2. The molecule has 2 fully saturated rings. The highest BCUT2D eigenvalue weighted by atomic mass is 19.1. The first kappa shape index (κ1) is 22.8. The molecule has 2 aromatic rings. The molecule has 3 atom stereocenters. The van der Waals surface area contributed by atoms with E-state index >= 15 is 0 Å². The largest absolute Gasteiger partial charge is 0.481 e. The molecule has 34 heavy (non-hydrogen) atoms. The summed E-state index contributed by atoms with van der Waals surface area (Å²) >= 11 is 0. The van der Waals surface area contributed by atoms with E-state index in [1.807, 2.05) is 30.3 Å². The number of anilines is 1. The number of carboxylic acid groups (broad SMARTS) is 1. The van der Waals surface area contributed by atoms with Gasteiger partial charge in [-0.05, 0) is 73.9 Å². The Bertz CT molecular complexity index is 1040. The van der Waals surface area contributed by atoms with Gasteiger partial charge in [-0.2, -0.15) is 0 Å². The molecule has 0 spiro atoms. The summed E-state index contributed by atoms with van der Waals surface area (Å²) in [6.07, 6.45) is 5.28. The lowest BCUT2D eigenvalue weighted by atomic mass is 9.81.